The monoisotopic (exact) mass is 337 g/mol. The first kappa shape index (κ1) is 16.1. The van der Waals surface area contributed by atoms with Crippen LogP contribution in [0.25, 0.3) is 0 Å². The van der Waals surface area contributed by atoms with Gasteiger partial charge in [-0.3, -0.25) is 4.79 Å². The summed E-state index contributed by atoms with van der Waals surface area (Å²) in [5.74, 6) is 6.00. The molecular formula is C23H31NO. The zero-order valence-electron chi connectivity index (χ0n) is 15.7. The number of hydrogen-bond donors (Lipinski definition) is 0. The second-order valence-electron chi connectivity index (χ2n) is 9.75. The minimum absolute atomic E-state index is 0.327. The predicted octanol–water partition coefficient (Wildman–Crippen LogP) is 5.15. The van der Waals surface area contributed by atoms with Crippen molar-refractivity contribution in [3.8, 4) is 6.07 Å². The molecule has 0 spiro atoms. The van der Waals surface area contributed by atoms with Gasteiger partial charge in [0.15, 0.2) is 5.78 Å². The molecule has 0 heterocycles. The van der Waals surface area contributed by atoms with Gasteiger partial charge in [0.25, 0.3) is 0 Å². The van der Waals surface area contributed by atoms with Crippen LogP contribution in [0.5, 0.6) is 0 Å². The third kappa shape index (κ3) is 1.99. The summed E-state index contributed by atoms with van der Waals surface area (Å²) in [4.78, 5) is 12.0. The Morgan fingerprint density at radius 2 is 1.96 bits per heavy atom. The highest BCUT2D eigenvalue weighted by atomic mass is 16.1. The number of carbonyl (C=O) groups is 1. The van der Waals surface area contributed by atoms with Crippen molar-refractivity contribution in [1.29, 1.82) is 5.26 Å². The average molecular weight is 338 g/mol. The van der Waals surface area contributed by atoms with Crippen molar-refractivity contribution in [2.24, 2.45) is 52.8 Å². The van der Waals surface area contributed by atoms with Gasteiger partial charge >= 0.3 is 0 Å². The number of rotatable bonds is 2. The van der Waals surface area contributed by atoms with Gasteiger partial charge in [0.2, 0.25) is 0 Å². The van der Waals surface area contributed by atoms with E-state index in [1.807, 2.05) is 6.08 Å². The molecule has 2 nitrogen and oxygen atoms in total. The minimum Gasteiger partial charge on any atom is -0.295 e. The molecule has 0 bridgehead atoms. The molecule has 5 aliphatic carbocycles. The van der Waals surface area contributed by atoms with Gasteiger partial charge < -0.3 is 0 Å². The first-order chi connectivity index (χ1) is 12.1. The fraction of sp³-hybridized carbons (Fsp3) is 0.826. The number of carbonyl (C=O) groups excluding carboxylic acids is 1. The summed E-state index contributed by atoms with van der Waals surface area (Å²) in [6.45, 7) is 4.66. The second-order valence-corrected chi connectivity index (χ2v) is 9.75. The van der Waals surface area contributed by atoms with Crippen LogP contribution < -0.4 is 0 Å². The molecule has 0 aromatic heterocycles. The summed E-state index contributed by atoms with van der Waals surface area (Å²) < 4.78 is 0. The highest BCUT2D eigenvalue weighted by molar-refractivity contribution is 5.91. The predicted molar refractivity (Wildman–Crippen MR) is 97.3 cm³/mol. The van der Waals surface area contributed by atoms with E-state index in [1.165, 1.54) is 44.1 Å². The minimum atomic E-state index is 0.327. The summed E-state index contributed by atoms with van der Waals surface area (Å²) >= 11 is 0. The van der Waals surface area contributed by atoms with Crippen LogP contribution in [-0.2, 0) is 4.79 Å². The maximum atomic E-state index is 12.0. The molecule has 0 radical (unpaired) electrons. The molecule has 5 aliphatic rings. The van der Waals surface area contributed by atoms with Crippen molar-refractivity contribution in [3.63, 3.8) is 0 Å². The van der Waals surface area contributed by atoms with Gasteiger partial charge in [-0.05, 0) is 97.9 Å². The zero-order chi connectivity index (χ0) is 17.3. The molecule has 5 rings (SSSR count). The lowest BCUT2D eigenvalue weighted by molar-refractivity contribution is -0.116. The molecule has 0 aromatic rings. The summed E-state index contributed by atoms with van der Waals surface area (Å²) in [5, 5.41) is 9.91. The number of ketones is 1. The Bertz CT molecular complexity index is 672. The third-order valence-electron chi connectivity index (χ3n) is 9.31. The molecule has 2 heteroatoms. The standard InChI is InChI=1S/C23H31NO/c1-3-13-9-19-16(15-6-5-14(25)10-17(13)15)7-8-23(4-2)21(12-24)18-11-20(18)22(19)23/h10,13,15-16,18-22H,3-9,11H2,1-2H3/t13-,15?,16?,18+,19?,20-,21+,22?,23-/m1/s1. The maximum Gasteiger partial charge on any atom is 0.155 e. The molecule has 4 saturated carbocycles. The van der Waals surface area contributed by atoms with Gasteiger partial charge in [0, 0.05) is 6.42 Å². The van der Waals surface area contributed by atoms with Crippen molar-refractivity contribution in [3.05, 3.63) is 11.6 Å². The highest BCUT2D eigenvalue weighted by Crippen LogP contribution is 2.75. The second kappa shape index (κ2) is 5.45. The smallest absolute Gasteiger partial charge is 0.155 e. The van der Waals surface area contributed by atoms with E-state index in [1.54, 1.807) is 0 Å². The van der Waals surface area contributed by atoms with Crippen LogP contribution in [0.3, 0.4) is 0 Å². The molecule has 0 aromatic carbocycles. The maximum absolute atomic E-state index is 12.0. The molecule has 9 atom stereocenters. The van der Waals surface area contributed by atoms with Gasteiger partial charge in [-0.15, -0.1) is 0 Å². The van der Waals surface area contributed by atoms with Crippen LogP contribution in [0.1, 0.15) is 65.2 Å². The van der Waals surface area contributed by atoms with Crippen molar-refractivity contribution in [2.45, 2.75) is 65.2 Å². The molecule has 0 aliphatic heterocycles. The fourth-order valence-corrected chi connectivity index (χ4v) is 8.33. The Kier molecular flexibility index (Phi) is 3.51. The molecule has 0 N–H and O–H groups in total. The highest BCUT2D eigenvalue weighted by Gasteiger charge is 2.70. The fourth-order valence-electron chi connectivity index (χ4n) is 8.33. The van der Waals surface area contributed by atoms with Crippen molar-refractivity contribution in [1.82, 2.24) is 0 Å². The van der Waals surface area contributed by atoms with E-state index in [0.717, 1.165) is 42.4 Å². The lowest BCUT2D eigenvalue weighted by atomic mass is 9.47. The van der Waals surface area contributed by atoms with Crippen molar-refractivity contribution in [2.75, 3.05) is 0 Å². The molecule has 4 fully saturated rings. The van der Waals surface area contributed by atoms with Gasteiger partial charge in [-0.25, -0.2) is 0 Å². The Balaban J connectivity index is 1.54. The number of fused-ring (bicyclic) bond motifs is 7. The topological polar surface area (TPSA) is 40.9 Å². The van der Waals surface area contributed by atoms with Gasteiger partial charge in [-0.2, -0.15) is 5.26 Å². The van der Waals surface area contributed by atoms with Gasteiger partial charge in [0.1, 0.15) is 0 Å². The summed E-state index contributed by atoms with van der Waals surface area (Å²) in [7, 11) is 0. The Morgan fingerprint density at radius 1 is 1.16 bits per heavy atom. The third-order valence-corrected chi connectivity index (χ3v) is 9.31. The molecule has 134 valence electrons. The summed E-state index contributed by atoms with van der Waals surface area (Å²) in [6.07, 6.45) is 11.5. The number of nitriles is 1. The average Bonchev–Trinajstić information content (AvgIpc) is 3.35. The van der Waals surface area contributed by atoms with E-state index in [2.05, 4.69) is 19.9 Å². The van der Waals surface area contributed by atoms with Crippen molar-refractivity contribution >= 4 is 5.78 Å². The van der Waals surface area contributed by atoms with Gasteiger partial charge in [-0.1, -0.05) is 19.4 Å². The van der Waals surface area contributed by atoms with E-state index in [9.17, 15) is 10.1 Å². The summed E-state index contributed by atoms with van der Waals surface area (Å²) in [6, 6.07) is 2.77. The van der Waals surface area contributed by atoms with Crippen LogP contribution >= 0.6 is 0 Å². The lowest BCUT2D eigenvalue weighted by Crippen LogP contribution is -2.50. The van der Waals surface area contributed by atoms with E-state index in [0.29, 0.717) is 29.0 Å². The first-order valence-electron chi connectivity index (χ1n) is 10.8. The van der Waals surface area contributed by atoms with Crippen LogP contribution in [-0.4, -0.2) is 5.78 Å². The van der Waals surface area contributed by atoms with Crippen LogP contribution in [0.2, 0.25) is 0 Å². The molecule has 0 amide bonds. The van der Waals surface area contributed by atoms with Crippen molar-refractivity contribution < 1.29 is 4.79 Å². The Morgan fingerprint density at radius 3 is 2.68 bits per heavy atom. The number of allylic oxidation sites excluding steroid dienone is 1. The van der Waals surface area contributed by atoms with E-state index in [4.69, 9.17) is 0 Å². The molecule has 4 unspecified atom stereocenters. The lowest BCUT2D eigenvalue weighted by Gasteiger charge is -2.57. The quantitative estimate of drug-likeness (QED) is 0.699. The molecule has 25 heavy (non-hydrogen) atoms. The van der Waals surface area contributed by atoms with Crippen LogP contribution in [0.4, 0.5) is 0 Å². The van der Waals surface area contributed by atoms with Crippen LogP contribution in [0, 0.1) is 64.1 Å². The molecular weight excluding hydrogens is 306 g/mol. The largest absolute Gasteiger partial charge is 0.295 e. The Labute approximate surface area is 152 Å². The summed E-state index contributed by atoms with van der Waals surface area (Å²) in [5.41, 5.74) is 1.85. The number of nitrogens with zero attached hydrogens (tertiary/aromatic N) is 1. The van der Waals surface area contributed by atoms with Crippen LogP contribution in [0.15, 0.2) is 11.6 Å². The van der Waals surface area contributed by atoms with E-state index < -0.39 is 0 Å². The molecule has 0 saturated heterocycles. The normalized spacial score (nSPS) is 53.0. The van der Waals surface area contributed by atoms with E-state index in [-0.39, 0.29) is 0 Å². The Hall–Kier alpha value is -1.10. The number of hydrogen-bond acceptors (Lipinski definition) is 2. The van der Waals surface area contributed by atoms with Gasteiger partial charge in [0.05, 0.1) is 12.0 Å². The first-order valence-corrected chi connectivity index (χ1v) is 10.8. The SMILES string of the molecule is CC[C@@H]1CC2C(CC[C@@]3(CC)C2[C@@H]2C[C@@H]2[C@@H]3C#N)C2CCC(=O)C=C21. The van der Waals surface area contributed by atoms with E-state index >= 15 is 0 Å². The zero-order valence-corrected chi connectivity index (χ0v) is 15.7.